The molecule has 0 heterocycles. The Hall–Kier alpha value is -1.68. The summed E-state index contributed by atoms with van der Waals surface area (Å²) in [6.45, 7) is 2.08. The summed E-state index contributed by atoms with van der Waals surface area (Å²) < 4.78 is 13.5. The molecule has 2 nitrogen and oxygen atoms in total. The first-order valence-electron chi connectivity index (χ1n) is 6.35. The smallest absolute Gasteiger partial charge is 0.258 e. The number of carbonyl (C=O) groups excluding carboxylic acids is 1. The van der Waals surface area contributed by atoms with Crippen LogP contribution < -0.4 is 4.90 Å². The molecule has 2 aromatic rings. The second kappa shape index (κ2) is 6.18. The van der Waals surface area contributed by atoms with Crippen LogP contribution in [-0.4, -0.2) is 13.0 Å². The molecule has 4 heteroatoms. The van der Waals surface area contributed by atoms with E-state index in [0.29, 0.717) is 5.56 Å². The summed E-state index contributed by atoms with van der Waals surface area (Å²) in [5, 5.41) is 0. The minimum absolute atomic E-state index is 0.171. The van der Waals surface area contributed by atoms with E-state index in [0.717, 1.165) is 12.1 Å². The molecular weight excluding hydrogens is 321 g/mol. The van der Waals surface area contributed by atoms with Crippen molar-refractivity contribution in [3.63, 3.8) is 0 Å². The Kier molecular flexibility index (Phi) is 4.55. The van der Waals surface area contributed by atoms with E-state index in [1.165, 1.54) is 23.8 Å². The highest BCUT2D eigenvalue weighted by Crippen LogP contribution is 2.20. The Labute approximate surface area is 126 Å². The average molecular weight is 336 g/mol. The SMILES string of the molecule is CCc1ccc(N(C)C(=O)c2ccc(F)c(Br)c2)cc1. The second-order valence-electron chi connectivity index (χ2n) is 4.51. The molecule has 0 atom stereocenters. The van der Waals surface area contributed by atoms with Crippen molar-refractivity contribution in [3.8, 4) is 0 Å². The van der Waals surface area contributed by atoms with E-state index < -0.39 is 0 Å². The van der Waals surface area contributed by atoms with Gasteiger partial charge in [0.15, 0.2) is 0 Å². The summed E-state index contributed by atoms with van der Waals surface area (Å²) in [4.78, 5) is 13.9. The van der Waals surface area contributed by atoms with E-state index in [-0.39, 0.29) is 16.2 Å². The van der Waals surface area contributed by atoms with Gasteiger partial charge in [0.2, 0.25) is 0 Å². The lowest BCUT2D eigenvalue weighted by Crippen LogP contribution is -2.26. The number of benzene rings is 2. The van der Waals surface area contributed by atoms with Crippen molar-refractivity contribution in [1.29, 1.82) is 0 Å². The summed E-state index contributed by atoms with van der Waals surface area (Å²) >= 11 is 3.09. The van der Waals surface area contributed by atoms with Gasteiger partial charge in [-0.15, -0.1) is 0 Å². The third-order valence-corrected chi connectivity index (χ3v) is 3.81. The fourth-order valence-electron chi connectivity index (χ4n) is 1.90. The fourth-order valence-corrected chi connectivity index (χ4v) is 2.27. The normalized spacial score (nSPS) is 10.4. The molecule has 0 saturated carbocycles. The van der Waals surface area contributed by atoms with Gasteiger partial charge < -0.3 is 4.90 Å². The van der Waals surface area contributed by atoms with Crippen molar-refractivity contribution in [3.05, 3.63) is 63.9 Å². The lowest BCUT2D eigenvalue weighted by atomic mass is 10.1. The predicted molar refractivity (Wildman–Crippen MR) is 82.7 cm³/mol. The van der Waals surface area contributed by atoms with E-state index >= 15 is 0 Å². The first-order chi connectivity index (χ1) is 9.52. The number of amides is 1. The minimum Gasteiger partial charge on any atom is -0.311 e. The van der Waals surface area contributed by atoms with Crippen LogP contribution in [0.1, 0.15) is 22.8 Å². The summed E-state index contributed by atoms with van der Waals surface area (Å²) in [5.74, 6) is -0.550. The molecule has 20 heavy (non-hydrogen) atoms. The van der Waals surface area contributed by atoms with Gasteiger partial charge in [0, 0.05) is 18.3 Å². The monoisotopic (exact) mass is 335 g/mol. The third kappa shape index (κ3) is 3.07. The number of carbonyl (C=O) groups is 1. The number of halogens is 2. The highest BCUT2D eigenvalue weighted by Gasteiger charge is 2.14. The molecular formula is C16H15BrFNO. The van der Waals surface area contributed by atoms with Crippen LogP contribution >= 0.6 is 15.9 Å². The molecule has 0 aliphatic heterocycles. The van der Waals surface area contributed by atoms with Gasteiger partial charge in [-0.05, 0) is 58.2 Å². The lowest BCUT2D eigenvalue weighted by molar-refractivity contribution is 0.0993. The van der Waals surface area contributed by atoms with Gasteiger partial charge in [0.05, 0.1) is 4.47 Å². The van der Waals surface area contributed by atoms with E-state index in [1.807, 2.05) is 24.3 Å². The number of aryl methyl sites for hydroxylation is 1. The Bertz CT molecular complexity index is 625. The second-order valence-corrected chi connectivity index (χ2v) is 5.37. The molecule has 2 aromatic carbocycles. The van der Waals surface area contributed by atoms with Crippen LogP contribution in [0.15, 0.2) is 46.9 Å². The van der Waals surface area contributed by atoms with Crippen LogP contribution in [0.4, 0.5) is 10.1 Å². The van der Waals surface area contributed by atoms with Gasteiger partial charge in [-0.2, -0.15) is 0 Å². The van der Waals surface area contributed by atoms with E-state index in [4.69, 9.17) is 0 Å². The molecule has 0 aliphatic carbocycles. The number of anilines is 1. The van der Waals surface area contributed by atoms with Gasteiger partial charge >= 0.3 is 0 Å². The number of rotatable bonds is 3. The Morgan fingerprint density at radius 1 is 1.20 bits per heavy atom. The summed E-state index contributed by atoms with van der Waals surface area (Å²) in [6.07, 6.45) is 0.961. The fraction of sp³-hybridized carbons (Fsp3) is 0.188. The molecule has 0 unspecified atom stereocenters. The highest BCUT2D eigenvalue weighted by atomic mass is 79.9. The highest BCUT2D eigenvalue weighted by molar-refractivity contribution is 9.10. The standard InChI is InChI=1S/C16H15BrFNO/c1-3-11-4-7-13(8-5-11)19(2)16(20)12-6-9-15(18)14(17)10-12/h4-10H,3H2,1-2H3. The van der Waals surface area contributed by atoms with Crippen molar-refractivity contribution in [1.82, 2.24) is 0 Å². The van der Waals surface area contributed by atoms with Crippen LogP contribution in [0.2, 0.25) is 0 Å². The molecule has 104 valence electrons. The van der Waals surface area contributed by atoms with Gasteiger partial charge in [-0.3, -0.25) is 4.79 Å². The van der Waals surface area contributed by atoms with Crippen LogP contribution in [0.25, 0.3) is 0 Å². The molecule has 0 saturated heterocycles. The first-order valence-corrected chi connectivity index (χ1v) is 7.14. The molecule has 0 radical (unpaired) electrons. The Morgan fingerprint density at radius 2 is 1.85 bits per heavy atom. The maximum Gasteiger partial charge on any atom is 0.258 e. The van der Waals surface area contributed by atoms with Gasteiger partial charge in [-0.1, -0.05) is 19.1 Å². The van der Waals surface area contributed by atoms with Gasteiger partial charge in [-0.25, -0.2) is 4.39 Å². The molecule has 2 rings (SSSR count). The number of nitrogens with zero attached hydrogens (tertiary/aromatic N) is 1. The van der Waals surface area contributed by atoms with Crippen molar-refractivity contribution in [2.24, 2.45) is 0 Å². The lowest BCUT2D eigenvalue weighted by Gasteiger charge is -2.18. The maximum atomic E-state index is 13.2. The van der Waals surface area contributed by atoms with E-state index in [1.54, 1.807) is 11.9 Å². The first kappa shape index (κ1) is 14.7. The summed E-state index contributed by atoms with van der Waals surface area (Å²) in [7, 11) is 1.71. The molecule has 0 aromatic heterocycles. The molecule has 0 spiro atoms. The van der Waals surface area contributed by atoms with Crippen LogP contribution in [-0.2, 0) is 6.42 Å². The topological polar surface area (TPSA) is 20.3 Å². The third-order valence-electron chi connectivity index (χ3n) is 3.20. The molecule has 1 amide bonds. The zero-order valence-corrected chi connectivity index (χ0v) is 12.9. The maximum absolute atomic E-state index is 13.2. The Balaban J connectivity index is 2.24. The molecule has 0 bridgehead atoms. The van der Waals surface area contributed by atoms with Crippen molar-refractivity contribution in [2.45, 2.75) is 13.3 Å². The van der Waals surface area contributed by atoms with Gasteiger partial charge in [0.1, 0.15) is 5.82 Å². The largest absolute Gasteiger partial charge is 0.311 e. The van der Waals surface area contributed by atoms with E-state index in [9.17, 15) is 9.18 Å². The Morgan fingerprint density at radius 3 is 2.40 bits per heavy atom. The summed E-state index contributed by atoms with van der Waals surface area (Å²) in [5.41, 5.74) is 2.48. The van der Waals surface area contributed by atoms with Crippen LogP contribution in [0.3, 0.4) is 0 Å². The van der Waals surface area contributed by atoms with Crippen molar-refractivity contribution in [2.75, 3.05) is 11.9 Å². The minimum atomic E-state index is -0.378. The van der Waals surface area contributed by atoms with E-state index in [2.05, 4.69) is 22.9 Å². The number of hydrogen-bond donors (Lipinski definition) is 0. The van der Waals surface area contributed by atoms with Crippen LogP contribution in [0.5, 0.6) is 0 Å². The van der Waals surface area contributed by atoms with Crippen molar-refractivity contribution >= 4 is 27.5 Å². The summed E-state index contributed by atoms with van der Waals surface area (Å²) in [6, 6.07) is 12.1. The molecule has 0 aliphatic rings. The zero-order chi connectivity index (χ0) is 14.7. The van der Waals surface area contributed by atoms with Crippen LogP contribution in [0, 0.1) is 5.82 Å². The molecule has 0 N–H and O–H groups in total. The van der Waals surface area contributed by atoms with Gasteiger partial charge in [0.25, 0.3) is 5.91 Å². The average Bonchev–Trinajstić information content (AvgIpc) is 2.48. The number of hydrogen-bond acceptors (Lipinski definition) is 1. The molecule has 0 fully saturated rings. The predicted octanol–water partition coefficient (Wildman–Crippen LogP) is 4.43. The zero-order valence-electron chi connectivity index (χ0n) is 11.4. The quantitative estimate of drug-likeness (QED) is 0.812. The van der Waals surface area contributed by atoms with Crippen molar-refractivity contribution < 1.29 is 9.18 Å².